The van der Waals surface area contributed by atoms with Gasteiger partial charge in [-0.3, -0.25) is 9.69 Å². The van der Waals surface area contributed by atoms with Crippen molar-refractivity contribution in [2.24, 2.45) is 10.8 Å². The molecule has 0 bridgehead atoms. The fourth-order valence-electron chi connectivity index (χ4n) is 5.19. The maximum Gasteiger partial charge on any atom is 0.273 e. The summed E-state index contributed by atoms with van der Waals surface area (Å²) in [7, 11) is 0. The molecule has 2 aliphatic rings. The van der Waals surface area contributed by atoms with Gasteiger partial charge >= 0.3 is 0 Å². The summed E-state index contributed by atoms with van der Waals surface area (Å²) in [6.07, 6.45) is 3.20. The Morgan fingerprint density at radius 3 is 2.33 bits per heavy atom. The second kappa shape index (κ2) is 7.92. The summed E-state index contributed by atoms with van der Waals surface area (Å²) >= 11 is 0. The number of nitrogens with one attached hydrogen (secondary N) is 1. The van der Waals surface area contributed by atoms with E-state index in [1.807, 2.05) is 0 Å². The molecule has 1 saturated heterocycles. The minimum absolute atomic E-state index is 0.112. The first kappa shape index (κ1) is 20.3. The molecule has 3 rings (SSSR count). The lowest BCUT2D eigenvalue weighted by atomic mass is 9.63. The molecular weight excluding hydrogens is 340 g/mol. The Balaban J connectivity index is 1.54. The monoisotopic (exact) mass is 376 g/mol. The molecule has 27 heavy (non-hydrogen) atoms. The van der Waals surface area contributed by atoms with E-state index in [4.69, 9.17) is 4.52 Å². The predicted molar refractivity (Wildman–Crippen MR) is 107 cm³/mol. The Kier molecular flexibility index (Phi) is 5.96. The molecule has 1 aromatic rings. The third-order valence-electron chi connectivity index (χ3n) is 5.97. The third kappa shape index (κ3) is 5.55. The van der Waals surface area contributed by atoms with Crippen molar-refractivity contribution in [1.82, 2.24) is 20.3 Å². The molecule has 152 valence electrons. The van der Waals surface area contributed by atoms with Crippen molar-refractivity contribution in [3.05, 3.63) is 17.5 Å². The van der Waals surface area contributed by atoms with Gasteiger partial charge in [0.15, 0.2) is 11.5 Å². The van der Waals surface area contributed by atoms with Crippen LogP contribution in [0.4, 0.5) is 0 Å². The number of nitrogens with zero attached hydrogens (tertiary/aromatic N) is 3. The van der Waals surface area contributed by atoms with Gasteiger partial charge < -0.3 is 14.7 Å². The van der Waals surface area contributed by atoms with E-state index in [0.717, 1.165) is 57.9 Å². The van der Waals surface area contributed by atoms with E-state index in [0.29, 0.717) is 5.69 Å². The lowest BCUT2D eigenvalue weighted by Crippen LogP contribution is -2.46. The van der Waals surface area contributed by atoms with E-state index in [9.17, 15) is 4.79 Å². The Morgan fingerprint density at radius 2 is 1.74 bits per heavy atom. The van der Waals surface area contributed by atoms with Gasteiger partial charge in [0.1, 0.15) is 0 Å². The lowest BCUT2D eigenvalue weighted by molar-refractivity contribution is 0.0708. The van der Waals surface area contributed by atoms with Gasteiger partial charge in [-0.05, 0) is 36.6 Å². The van der Waals surface area contributed by atoms with Crippen LogP contribution in [0.25, 0.3) is 0 Å². The summed E-state index contributed by atoms with van der Waals surface area (Å²) in [6, 6.07) is 2.00. The van der Waals surface area contributed by atoms with E-state index < -0.39 is 0 Å². The molecule has 2 heterocycles. The van der Waals surface area contributed by atoms with Crippen LogP contribution in [0.3, 0.4) is 0 Å². The van der Waals surface area contributed by atoms with E-state index in [-0.39, 0.29) is 22.8 Å². The summed E-state index contributed by atoms with van der Waals surface area (Å²) in [5.74, 6) is 0.661. The van der Waals surface area contributed by atoms with Crippen LogP contribution in [-0.4, -0.2) is 59.6 Å². The highest BCUT2D eigenvalue weighted by Crippen LogP contribution is 2.45. The number of hydrogen-bond donors (Lipinski definition) is 1. The maximum atomic E-state index is 12.7. The first-order valence-electron chi connectivity index (χ1n) is 10.4. The average molecular weight is 377 g/mol. The van der Waals surface area contributed by atoms with Crippen molar-refractivity contribution in [3.8, 4) is 0 Å². The number of carbonyl (C=O) groups is 1. The topological polar surface area (TPSA) is 61.6 Å². The normalized spacial score (nSPS) is 24.0. The standard InChI is InChI=1S/C21H36N4O2/c1-6-24-7-9-25(10-8-24)14-17-11-18(23-27-17)19(26)22-16-12-20(2,3)15-21(4,5)13-16/h11,16H,6-10,12-15H2,1-5H3,(H,22,26). The number of hydrogen-bond acceptors (Lipinski definition) is 5. The van der Waals surface area contributed by atoms with Crippen LogP contribution in [0.5, 0.6) is 0 Å². The third-order valence-corrected chi connectivity index (χ3v) is 5.97. The first-order chi connectivity index (χ1) is 12.7. The first-order valence-corrected chi connectivity index (χ1v) is 10.4. The zero-order chi connectivity index (χ0) is 19.7. The average Bonchev–Trinajstić information content (AvgIpc) is 3.01. The molecule has 1 aromatic heterocycles. The summed E-state index contributed by atoms with van der Waals surface area (Å²) in [5, 5.41) is 7.22. The molecule has 0 unspecified atom stereocenters. The quantitative estimate of drug-likeness (QED) is 0.855. The van der Waals surface area contributed by atoms with Crippen molar-refractivity contribution in [1.29, 1.82) is 0 Å². The van der Waals surface area contributed by atoms with Crippen LogP contribution in [0.2, 0.25) is 0 Å². The minimum atomic E-state index is -0.112. The molecule has 6 heteroatoms. The van der Waals surface area contributed by atoms with Crippen molar-refractivity contribution in [2.45, 2.75) is 66.5 Å². The van der Waals surface area contributed by atoms with E-state index in [1.54, 1.807) is 6.07 Å². The Bertz CT molecular complexity index is 628. The smallest absolute Gasteiger partial charge is 0.273 e. The van der Waals surface area contributed by atoms with Gasteiger partial charge in [0, 0.05) is 38.3 Å². The molecule has 1 aliphatic heterocycles. The van der Waals surface area contributed by atoms with E-state index >= 15 is 0 Å². The SMILES string of the molecule is CCN1CCN(Cc2cc(C(=O)NC3CC(C)(C)CC(C)(C)C3)no2)CC1. The molecule has 0 radical (unpaired) electrons. The molecule has 1 aliphatic carbocycles. The van der Waals surface area contributed by atoms with Crippen molar-refractivity contribution in [3.63, 3.8) is 0 Å². The number of piperazine rings is 1. The van der Waals surface area contributed by atoms with Gasteiger partial charge in [-0.15, -0.1) is 0 Å². The summed E-state index contributed by atoms with van der Waals surface area (Å²) in [5.41, 5.74) is 0.892. The summed E-state index contributed by atoms with van der Waals surface area (Å²) in [4.78, 5) is 17.5. The Morgan fingerprint density at radius 1 is 1.15 bits per heavy atom. The van der Waals surface area contributed by atoms with Crippen LogP contribution in [0.15, 0.2) is 10.6 Å². The molecular formula is C21H36N4O2. The molecule has 0 spiro atoms. The van der Waals surface area contributed by atoms with Crippen molar-refractivity contribution < 1.29 is 9.32 Å². The second-order valence-corrected chi connectivity index (χ2v) is 9.97. The van der Waals surface area contributed by atoms with Gasteiger partial charge in [-0.2, -0.15) is 0 Å². The maximum absolute atomic E-state index is 12.7. The van der Waals surface area contributed by atoms with Crippen molar-refractivity contribution in [2.75, 3.05) is 32.7 Å². The van der Waals surface area contributed by atoms with E-state index in [1.165, 1.54) is 6.42 Å². The van der Waals surface area contributed by atoms with Gasteiger partial charge in [-0.1, -0.05) is 39.8 Å². The highest BCUT2D eigenvalue weighted by molar-refractivity contribution is 5.92. The molecule has 2 fully saturated rings. The Labute approximate surface area is 163 Å². The zero-order valence-electron chi connectivity index (χ0n) is 17.7. The molecule has 1 amide bonds. The van der Waals surface area contributed by atoms with Gasteiger partial charge in [0.05, 0.1) is 6.54 Å². The highest BCUT2D eigenvalue weighted by atomic mass is 16.5. The largest absolute Gasteiger partial charge is 0.359 e. The molecule has 0 atom stereocenters. The van der Waals surface area contributed by atoms with Crippen molar-refractivity contribution >= 4 is 5.91 Å². The van der Waals surface area contributed by atoms with Crippen LogP contribution in [0.1, 0.15) is 70.1 Å². The highest BCUT2D eigenvalue weighted by Gasteiger charge is 2.39. The van der Waals surface area contributed by atoms with Gasteiger partial charge in [0.2, 0.25) is 0 Å². The molecule has 1 N–H and O–H groups in total. The number of amides is 1. The number of rotatable bonds is 5. The van der Waals surface area contributed by atoms with Crippen LogP contribution in [0, 0.1) is 10.8 Å². The van der Waals surface area contributed by atoms with Crippen LogP contribution in [-0.2, 0) is 6.54 Å². The minimum Gasteiger partial charge on any atom is -0.359 e. The number of aromatic nitrogens is 1. The molecule has 6 nitrogen and oxygen atoms in total. The fraction of sp³-hybridized carbons (Fsp3) is 0.810. The zero-order valence-corrected chi connectivity index (χ0v) is 17.7. The lowest BCUT2D eigenvalue weighted by Gasteiger charge is -2.45. The Hall–Kier alpha value is -1.40. The number of likely N-dealkylation sites (N-methyl/N-ethyl adjacent to an activating group) is 1. The van der Waals surface area contributed by atoms with Gasteiger partial charge in [-0.25, -0.2) is 0 Å². The second-order valence-electron chi connectivity index (χ2n) is 9.97. The summed E-state index contributed by atoms with van der Waals surface area (Å²) < 4.78 is 5.45. The van der Waals surface area contributed by atoms with Crippen LogP contribution < -0.4 is 5.32 Å². The molecule has 1 saturated carbocycles. The summed E-state index contributed by atoms with van der Waals surface area (Å²) in [6.45, 7) is 17.4. The fourth-order valence-corrected chi connectivity index (χ4v) is 5.19. The van der Waals surface area contributed by atoms with Gasteiger partial charge in [0.25, 0.3) is 5.91 Å². The predicted octanol–water partition coefficient (Wildman–Crippen LogP) is 3.15. The number of carbonyl (C=O) groups excluding carboxylic acids is 1. The van der Waals surface area contributed by atoms with E-state index in [2.05, 4.69) is 54.9 Å². The van der Waals surface area contributed by atoms with Crippen LogP contribution >= 0.6 is 0 Å². The molecule has 0 aromatic carbocycles.